The van der Waals surface area contributed by atoms with Crippen LogP contribution in [-0.4, -0.2) is 20.5 Å². The van der Waals surface area contributed by atoms with Gasteiger partial charge in [0.2, 0.25) is 0 Å². The molecule has 3 heteroatoms. The van der Waals surface area contributed by atoms with Gasteiger partial charge in [-0.1, -0.05) is 38.9 Å². The van der Waals surface area contributed by atoms with Crippen molar-refractivity contribution in [2.24, 2.45) is 5.92 Å². The highest BCUT2D eigenvalue weighted by atomic mass is 35.6. The largest absolute Gasteiger partial charge is 0.313 e. The number of nitrogens with one attached hydrogen (secondary N) is 1. The van der Waals surface area contributed by atoms with Gasteiger partial charge in [-0.05, 0) is 24.9 Å². The molecular weight excluding hydrogens is 222 g/mol. The van der Waals surface area contributed by atoms with Gasteiger partial charge in [-0.25, -0.2) is 0 Å². The molecule has 1 atom stereocenters. The van der Waals surface area contributed by atoms with E-state index in [9.17, 15) is 0 Å². The summed E-state index contributed by atoms with van der Waals surface area (Å²) in [7, 11) is -1.42. The molecular formula is C12H26ClNSi. The third kappa shape index (κ3) is 10.5. The molecule has 0 aromatic rings. The molecule has 0 saturated carbocycles. The van der Waals surface area contributed by atoms with E-state index in [2.05, 4.69) is 31.9 Å². The minimum atomic E-state index is -1.42. The SMILES string of the molecule is C=CCNCC(CCCC)C[Si](C)(C)Cl. The summed E-state index contributed by atoms with van der Waals surface area (Å²) in [4.78, 5) is 0. The van der Waals surface area contributed by atoms with E-state index >= 15 is 0 Å². The Morgan fingerprint density at radius 1 is 1.47 bits per heavy atom. The average molecular weight is 248 g/mol. The Morgan fingerprint density at radius 2 is 2.13 bits per heavy atom. The molecule has 0 heterocycles. The Hall–Kier alpha value is 0.207. The first-order valence-corrected chi connectivity index (χ1v) is 10.2. The second-order valence-electron chi connectivity index (χ2n) is 4.88. The first-order valence-electron chi connectivity index (χ1n) is 6.00. The van der Waals surface area contributed by atoms with Crippen molar-refractivity contribution < 1.29 is 0 Å². The molecule has 0 radical (unpaired) electrons. The Labute approximate surface area is 101 Å². The molecule has 0 spiro atoms. The summed E-state index contributed by atoms with van der Waals surface area (Å²) in [6.45, 7) is 12.4. The van der Waals surface area contributed by atoms with E-state index in [4.69, 9.17) is 11.1 Å². The van der Waals surface area contributed by atoms with Gasteiger partial charge >= 0.3 is 0 Å². The standard InChI is InChI=1S/C12H26ClNSi/c1-5-7-8-12(10-14-9-6-2)11-15(3,4)13/h6,12,14H,2,5,7-11H2,1,3-4H3. The fourth-order valence-corrected chi connectivity index (χ4v) is 4.22. The molecule has 0 saturated heterocycles. The highest BCUT2D eigenvalue weighted by molar-refractivity contribution is 7.19. The van der Waals surface area contributed by atoms with Crippen LogP contribution in [0.5, 0.6) is 0 Å². The predicted molar refractivity (Wildman–Crippen MR) is 74.2 cm³/mol. The highest BCUT2D eigenvalue weighted by Gasteiger charge is 2.22. The maximum absolute atomic E-state index is 6.41. The van der Waals surface area contributed by atoms with Crippen molar-refractivity contribution in [3.8, 4) is 0 Å². The van der Waals surface area contributed by atoms with Crippen LogP contribution in [-0.2, 0) is 0 Å². The van der Waals surface area contributed by atoms with Crippen molar-refractivity contribution in [3.63, 3.8) is 0 Å². The zero-order chi connectivity index (χ0) is 11.7. The molecule has 0 rings (SSSR count). The first-order chi connectivity index (χ1) is 6.99. The summed E-state index contributed by atoms with van der Waals surface area (Å²) in [6.07, 6.45) is 5.83. The molecule has 90 valence electrons. The van der Waals surface area contributed by atoms with E-state index in [1.165, 1.54) is 25.3 Å². The molecule has 0 aromatic carbocycles. The Bertz CT molecular complexity index is 165. The van der Waals surface area contributed by atoms with Crippen molar-refractivity contribution in [1.82, 2.24) is 5.32 Å². The van der Waals surface area contributed by atoms with Crippen molar-refractivity contribution >= 4 is 18.5 Å². The molecule has 0 aromatic heterocycles. The van der Waals surface area contributed by atoms with Gasteiger partial charge in [-0.3, -0.25) is 0 Å². The fourth-order valence-electron chi connectivity index (χ4n) is 1.85. The molecule has 0 amide bonds. The summed E-state index contributed by atoms with van der Waals surface area (Å²) in [5.74, 6) is 0.754. The summed E-state index contributed by atoms with van der Waals surface area (Å²) in [6, 6.07) is 1.22. The van der Waals surface area contributed by atoms with E-state index in [1.54, 1.807) is 0 Å². The minimum absolute atomic E-state index is 0.754. The van der Waals surface area contributed by atoms with Gasteiger partial charge in [-0.2, -0.15) is 11.1 Å². The Morgan fingerprint density at radius 3 is 2.60 bits per heavy atom. The van der Waals surface area contributed by atoms with Crippen LogP contribution in [0, 0.1) is 5.92 Å². The van der Waals surface area contributed by atoms with Crippen molar-refractivity contribution in [1.29, 1.82) is 0 Å². The monoisotopic (exact) mass is 247 g/mol. The molecule has 1 nitrogen and oxygen atoms in total. The normalized spacial score (nSPS) is 13.9. The maximum atomic E-state index is 6.41. The second-order valence-corrected chi connectivity index (χ2v) is 11.8. The minimum Gasteiger partial charge on any atom is -0.313 e. The van der Waals surface area contributed by atoms with Gasteiger partial charge < -0.3 is 5.32 Å². The summed E-state index contributed by atoms with van der Waals surface area (Å²) in [5, 5.41) is 3.41. The molecule has 0 bridgehead atoms. The van der Waals surface area contributed by atoms with Crippen molar-refractivity contribution in [3.05, 3.63) is 12.7 Å². The van der Waals surface area contributed by atoms with Gasteiger partial charge in [0.25, 0.3) is 0 Å². The molecule has 15 heavy (non-hydrogen) atoms. The van der Waals surface area contributed by atoms with Crippen LogP contribution < -0.4 is 5.32 Å². The lowest BCUT2D eigenvalue weighted by atomic mass is 10.0. The van der Waals surface area contributed by atoms with E-state index in [0.29, 0.717) is 0 Å². The van der Waals surface area contributed by atoms with Gasteiger partial charge in [-0.15, -0.1) is 6.58 Å². The quantitative estimate of drug-likeness (QED) is 0.281. The van der Waals surface area contributed by atoms with Crippen LogP contribution >= 0.6 is 11.1 Å². The zero-order valence-electron chi connectivity index (χ0n) is 10.5. The molecule has 0 aliphatic rings. The molecule has 1 N–H and O–H groups in total. The van der Waals surface area contributed by atoms with Crippen LogP contribution in [0.15, 0.2) is 12.7 Å². The molecule has 0 aliphatic carbocycles. The number of rotatable bonds is 9. The highest BCUT2D eigenvalue weighted by Crippen LogP contribution is 2.24. The first kappa shape index (κ1) is 15.2. The van der Waals surface area contributed by atoms with Crippen LogP contribution in [0.4, 0.5) is 0 Å². The van der Waals surface area contributed by atoms with E-state index < -0.39 is 7.38 Å². The lowest BCUT2D eigenvalue weighted by Gasteiger charge is -2.22. The molecule has 1 unspecified atom stereocenters. The second kappa shape index (κ2) is 8.37. The van der Waals surface area contributed by atoms with E-state index in [0.717, 1.165) is 19.0 Å². The zero-order valence-corrected chi connectivity index (χ0v) is 12.2. The fraction of sp³-hybridized carbons (Fsp3) is 0.833. The number of hydrogen-bond donors (Lipinski definition) is 1. The van der Waals surface area contributed by atoms with Gasteiger partial charge in [0.15, 0.2) is 7.38 Å². The Balaban J connectivity index is 3.88. The lowest BCUT2D eigenvalue weighted by molar-refractivity contribution is 0.472. The van der Waals surface area contributed by atoms with Crippen molar-refractivity contribution in [2.45, 2.75) is 45.3 Å². The Kier molecular flexibility index (Phi) is 8.48. The number of unbranched alkanes of at least 4 members (excludes halogenated alkanes) is 1. The summed E-state index contributed by atoms with van der Waals surface area (Å²) < 4.78 is 0. The third-order valence-corrected chi connectivity index (χ3v) is 4.47. The van der Waals surface area contributed by atoms with Gasteiger partial charge in [0, 0.05) is 6.54 Å². The maximum Gasteiger partial charge on any atom is 0.150 e. The van der Waals surface area contributed by atoms with Crippen molar-refractivity contribution in [2.75, 3.05) is 13.1 Å². The summed E-state index contributed by atoms with van der Waals surface area (Å²) >= 11 is 6.41. The van der Waals surface area contributed by atoms with Gasteiger partial charge in [0.05, 0.1) is 0 Å². The van der Waals surface area contributed by atoms with Crippen LogP contribution in [0.25, 0.3) is 0 Å². The lowest BCUT2D eigenvalue weighted by Crippen LogP contribution is -2.29. The molecule has 0 fully saturated rings. The van der Waals surface area contributed by atoms with Crippen LogP contribution in [0.3, 0.4) is 0 Å². The third-order valence-electron chi connectivity index (χ3n) is 2.46. The smallest absolute Gasteiger partial charge is 0.150 e. The molecule has 0 aliphatic heterocycles. The van der Waals surface area contributed by atoms with Crippen LogP contribution in [0.2, 0.25) is 19.1 Å². The van der Waals surface area contributed by atoms with E-state index in [1.807, 2.05) is 6.08 Å². The van der Waals surface area contributed by atoms with Gasteiger partial charge in [0.1, 0.15) is 0 Å². The predicted octanol–water partition coefficient (Wildman–Crippen LogP) is 4.01. The topological polar surface area (TPSA) is 12.0 Å². The summed E-state index contributed by atoms with van der Waals surface area (Å²) in [5.41, 5.74) is 0. The number of halogens is 1. The van der Waals surface area contributed by atoms with E-state index in [-0.39, 0.29) is 0 Å². The van der Waals surface area contributed by atoms with Crippen LogP contribution in [0.1, 0.15) is 26.2 Å². The average Bonchev–Trinajstić information content (AvgIpc) is 2.12. The number of hydrogen-bond acceptors (Lipinski definition) is 1.